The van der Waals surface area contributed by atoms with Gasteiger partial charge in [-0.15, -0.1) is 5.10 Å². The summed E-state index contributed by atoms with van der Waals surface area (Å²) in [7, 11) is 0. The first-order valence-corrected chi connectivity index (χ1v) is 11.9. The summed E-state index contributed by atoms with van der Waals surface area (Å²) in [5.41, 5.74) is 2.27. The first-order valence-electron chi connectivity index (χ1n) is 11.9. The maximum atomic E-state index is 13.6. The molecule has 0 aliphatic carbocycles. The van der Waals surface area contributed by atoms with Crippen LogP contribution in [0.4, 0.5) is 4.39 Å². The molecule has 7 nitrogen and oxygen atoms in total. The van der Waals surface area contributed by atoms with Gasteiger partial charge in [0.15, 0.2) is 0 Å². The summed E-state index contributed by atoms with van der Waals surface area (Å²) in [5, 5.41) is 11.7. The number of aryl methyl sites for hydroxylation is 1. The molecule has 178 valence electrons. The van der Waals surface area contributed by atoms with Crippen molar-refractivity contribution in [3.63, 3.8) is 0 Å². The van der Waals surface area contributed by atoms with Gasteiger partial charge in [-0.3, -0.25) is 14.4 Å². The number of nitrogens with zero attached hydrogens (tertiary/aromatic N) is 4. The van der Waals surface area contributed by atoms with Crippen molar-refractivity contribution in [3.8, 4) is 5.75 Å². The molecule has 8 heteroatoms. The van der Waals surface area contributed by atoms with Crippen molar-refractivity contribution >= 4 is 5.91 Å². The number of fused-ring (bicyclic) bond motifs is 3. The van der Waals surface area contributed by atoms with E-state index in [0.717, 1.165) is 61.3 Å². The van der Waals surface area contributed by atoms with Crippen molar-refractivity contribution in [2.24, 2.45) is 5.41 Å². The van der Waals surface area contributed by atoms with E-state index in [1.807, 2.05) is 41.2 Å². The molecule has 2 aliphatic heterocycles. The number of hydrogen-bond donors (Lipinski definition) is 1. The zero-order chi connectivity index (χ0) is 23.4. The van der Waals surface area contributed by atoms with Crippen LogP contribution in [0.3, 0.4) is 0 Å². The summed E-state index contributed by atoms with van der Waals surface area (Å²) in [4.78, 5) is 15.9. The number of para-hydroxylation sites is 1. The number of carbonyl (C=O) groups is 1. The minimum atomic E-state index is -0.429. The Labute approximate surface area is 198 Å². The fourth-order valence-electron chi connectivity index (χ4n) is 5.02. The Morgan fingerprint density at radius 1 is 1.06 bits per heavy atom. The molecule has 0 unspecified atom stereocenters. The number of benzene rings is 2. The smallest absolute Gasteiger partial charge is 0.226 e. The van der Waals surface area contributed by atoms with Crippen molar-refractivity contribution in [2.75, 3.05) is 13.1 Å². The molecule has 0 radical (unpaired) electrons. The second-order valence-corrected chi connectivity index (χ2v) is 9.34. The highest BCUT2D eigenvalue weighted by molar-refractivity contribution is 5.82. The summed E-state index contributed by atoms with van der Waals surface area (Å²) in [5.74, 6) is 0.634. The van der Waals surface area contributed by atoms with E-state index in [0.29, 0.717) is 26.2 Å². The third kappa shape index (κ3) is 5.12. The molecule has 1 aromatic heterocycles. The molecule has 0 saturated carbocycles. The summed E-state index contributed by atoms with van der Waals surface area (Å²) >= 11 is 0. The van der Waals surface area contributed by atoms with E-state index in [4.69, 9.17) is 4.74 Å². The van der Waals surface area contributed by atoms with Gasteiger partial charge < -0.3 is 10.1 Å². The predicted octanol–water partition coefficient (Wildman–Crippen LogP) is 3.69. The van der Waals surface area contributed by atoms with Crippen LogP contribution in [0.25, 0.3) is 0 Å². The second-order valence-electron chi connectivity index (χ2n) is 9.34. The van der Waals surface area contributed by atoms with E-state index in [9.17, 15) is 9.18 Å². The van der Waals surface area contributed by atoms with E-state index >= 15 is 0 Å². The molecule has 1 fully saturated rings. The van der Waals surface area contributed by atoms with Gasteiger partial charge in [-0.1, -0.05) is 35.5 Å². The highest BCUT2D eigenvalue weighted by Gasteiger charge is 2.40. The van der Waals surface area contributed by atoms with E-state index < -0.39 is 5.41 Å². The topological polar surface area (TPSA) is 72.3 Å². The number of aromatic nitrogens is 3. The van der Waals surface area contributed by atoms with Gasteiger partial charge in [-0.2, -0.15) is 0 Å². The number of likely N-dealkylation sites (tertiary alicyclic amines) is 1. The third-order valence-electron chi connectivity index (χ3n) is 7.01. The van der Waals surface area contributed by atoms with Crippen LogP contribution in [0.1, 0.15) is 42.5 Å². The number of nitrogens with one attached hydrogen (secondary N) is 1. The molecule has 2 aliphatic rings. The van der Waals surface area contributed by atoms with Crippen LogP contribution in [-0.4, -0.2) is 38.9 Å². The van der Waals surface area contributed by atoms with Crippen LogP contribution in [0.2, 0.25) is 0 Å². The third-order valence-corrected chi connectivity index (χ3v) is 7.01. The second kappa shape index (κ2) is 9.93. The average molecular weight is 464 g/mol. The van der Waals surface area contributed by atoms with Crippen molar-refractivity contribution in [1.29, 1.82) is 0 Å². The normalized spacial score (nSPS) is 19.0. The number of carbonyl (C=O) groups excluding carboxylic acids is 1. The molecule has 0 atom stereocenters. The zero-order valence-electron chi connectivity index (χ0n) is 19.3. The Hall–Kier alpha value is -3.26. The van der Waals surface area contributed by atoms with Crippen LogP contribution in [0.5, 0.6) is 5.75 Å². The van der Waals surface area contributed by atoms with Gasteiger partial charge in [0.1, 0.15) is 23.9 Å². The van der Waals surface area contributed by atoms with E-state index in [1.165, 1.54) is 6.07 Å². The summed E-state index contributed by atoms with van der Waals surface area (Å²) in [6, 6.07) is 14.5. The number of hydrogen-bond acceptors (Lipinski definition) is 5. The number of rotatable bonds is 2. The lowest BCUT2D eigenvalue weighted by molar-refractivity contribution is -0.135. The van der Waals surface area contributed by atoms with Crippen LogP contribution >= 0.6 is 0 Å². The molecule has 3 heterocycles. The first kappa shape index (κ1) is 22.5. The molecule has 2 aromatic carbocycles. The summed E-state index contributed by atoms with van der Waals surface area (Å²) in [6.45, 7) is 3.79. The fraction of sp³-hybridized carbons (Fsp3) is 0.423. The average Bonchev–Trinajstić information content (AvgIpc) is 3.30. The van der Waals surface area contributed by atoms with Crippen molar-refractivity contribution < 1.29 is 13.9 Å². The van der Waals surface area contributed by atoms with E-state index in [1.54, 1.807) is 12.1 Å². The molecular weight excluding hydrogens is 433 g/mol. The lowest BCUT2D eigenvalue weighted by Gasteiger charge is -2.41. The maximum absolute atomic E-state index is 13.6. The highest BCUT2D eigenvalue weighted by atomic mass is 19.1. The molecule has 1 spiro atoms. The number of ether oxygens (including phenoxy) is 1. The van der Waals surface area contributed by atoms with E-state index in [2.05, 4.69) is 20.5 Å². The number of amides is 1. The van der Waals surface area contributed by atoms with Gasteiger partial charge in [0, 0.05) is 25.2 Å². The monoisotopic (exact) mass is 463 g/mol. The Bertz CT molecular complexity index is 1140. The van der Waals surface area contributed by atoms with Crippen LogP contribution in [-0.2, 0) is 31.0 Å². The SMILES string of the molecule is O=C1NCc2ccccc2OCc2cn(nn2)CCCC12CCN(Cc1cccc(F)c1)CC2. The Morgan fingerprint density at radius 2 is 1.91 bits per heavy atom. The predicted molar refractivity (Wildman–Crippen MR) is 125 cm³/mol. The zero-order valence-corrected chi connectivity index (χ0v) is 19.3. The summed E-state index contributed by atoms with van der Waals surface area (Å²) < 4.78 is 21.4. The van der Waals surface area contributed by atoms with Crippen molar-refractivity contribution in [2.45, 2.75) is 51.9 Å². The Balaban J connectivity index is 1.32. The molecule has 3 aromatic rings. The lowest BCUT2D eigenvalue weighted by Crippen LogP contribution is -2.48. The van der Waals surface area contributed by atoms with Gasteiger partial charge >= 0.3 is 0 Å². The number of halogens is 1. The first-order chi connectivity index (χ1) is 16.6. The van der Waals surface area contributed by atoms with Crippen molar-refractivity contribution in [3.05, 3.63) is 77.4 Å². The van der Waals surface area contributed by atoms with Crippen molar-refractivity contribution in [1.82, 2.24) is 25.2 Å². The van der Waals surface area contributed by atoms with Gasteiger partial charge in [0.25, 0.3) is 0 Å². The molecule has 5 rings (SSSR count). The number of piperidine rings is 1. The maximum Gasteiger partial charge on any atom is 0.226 e. The Kier molecular flexibility index (Phi) is 6.58. The summed E-state index contributed by atoms with van der Waals surface area (Å²) in [6.07, 6.45) is 5.10. The molecule has 1 N–H and O–H groups in total. The molecule has 2 bridgehead atoms. The molecule has 1 amide bonds. The van der Waals surface area contributed by atoms with Gasteiger partial charge in [0.2, 0.25) is 5.91 Å². The lowest BCUT2D eigenvalue weighted by atomic mass is 9.73. The largest absolute Gasteiger partial charge is 0.487 e. The van der Waals surface area contributed by atoms with Gasteiger partial charge in [0.05, 0.1) is 11.6 Å². The van der Waals surface area contributed by atoms with Crippen LogP contribution < -0.4 is 10.1 Å². The molecular formula is C26H30FN5O2. The molecule has 34 heavy (non-hydrogen) atoms. The fourth-order valence-corrected chi connectivity index (χ4v) is 5.02. The Morgan fingerprint density at radius 3 is 2.76 bits per heavy atom. The van der Waals surface area contributed by atoms with Crippen LogP contribution in [0.15, 0.2) is 54.7 Å². The standard InChI is InChI=1S/C26H30FN5O2/c27-22-7-3-5-20(15-22)17-31-13-10-26(11-14-31)9-4-12-32-18-23(29-30-32)19-34-24-8-2-1-6-21(24)16-28-25(26)33/h1-3,5-8,15,18H,4,9-14,16-17,19H2,(H,28,33). The minimum absolute atomic E-state index is 0.101. The van der Waals surface area contributed by atoms with Gasteiger partial charge in [-0.05, 0) is 62.5 Å². The molecule has 1 saturated heterocycles. The van der Waals surface area contributed by atoms with Gasteiger partial charge in [-0.25, -0.2) is 4.39 Å². The quantitative estimate of drug-likeness (QED) is 0.628. The highest BCUT2D eigenvalue weighted by Crippen LogP contribution is 2.37. The van der Waals surface area contributed by atoms with Crippen LogP contribution in [0, 0.1) is 11.2 Å². The minimum Gasteiger partial charge on any atom is -0.487 e. The van der Waals surface area contributed by atoms with E-state index in [-0.39, 0.29) is 11.7 Å².